The van der Waals surface area contributed by atoms with Crippen molar-refractivity contribution in [3.63, 3.8) is 0 Å². The Morgan fingerprint density at radius 1 is 1.12 bits per heavy atom. The number of nitrogen functional groups attached to an aromatic ring is 1. The van der Waals surface area contributed by atoms with E-state index in [2.05, 4.69) is 0 Å². The summed E-state index contributed by atoms with van der Waals surface area (Å²) in [6.07, 6.45) is 2.64. The fourth-order valence-corrected chi connectivity index (χ4v) is 4.62. The fraction of sp³-hybridized carbons (Fsp3) is 0.304. The Hall–Kier alpha value is -3.46. The van der Waals surface area contributed by atoms with Crippen molar-refractivity contribution in [2.24, 2.45) is 5.73 Å². The molecule has 3 aromatic rings. The number of aromatic carboxylic acids is 1. The van der Waals surface area contributed by atoms with Gasteiger partial charge in [-0.1, -0.05) is 12.1 Å². The number of carbonyl (C=O) groups is 1. The van der Waals surface area contributed by atoms with Gasteiger partial charge >= 0.3 is 5.97 Å². The average molecular weight is 440 g/mol. The van der Waals surface area contributed by atoms with Gasteiger partial charge in [0.1, 0.15) is 17.1 Å². The second-order valence-corrected chi connectivity index (χ2v) is 8.57. The average Bonchev–Trinajstić information content (AvgIpc) is 3.52. The second-order valence-electron chi connectivity index (χ2n) is 8.57. The number of anilines is 2. The van der Waals surface area contributed by atoms with Gasteiger partial charge in [0.2, 0.25) is 5.43 Å². The number of benzene rings is 2. The van der Waals surface area contributed by atoms with Crippen LogP contribution in [0.2, 0.25) is 0 Å². The van der Waals surface area contributed by atoms with Gasteiger partial charge in [0, 0.05) is 43.0 Å². The highest BCUT2D eigenvalue weighted by atomic mass is 19.1. The third-order valence-electron chi connectivity index (χ3n) is 6.40. The molecule has 1 saturated heterocycles. The molecular formula is C23H22F2N4O3. The largest absolute Gasteiger partial charge is 0.477 e. The highest BCUT2D eigenvalue weighted by Crippen LogP contribution is 2.41. The molecule has 1 saturated carbocycles. The lowest BCUT2D eigenvalue weighted by atomic mass is 9.95. The summed E-state index contributed by atoms with van der Waals surface area (Å²) in [4.78, 5) is 25.7. The Kier molecular flexibility index (Phi) is 4.67. The van der Waals surface area contributed by atoms with Crippen molar-refractivity contribution in [3.8, 4) is 0 Å². The number of fused-ring (bicyclic) bond motifs is 1. The summed E-state index contributed by atoms with van der Waals surface area (Å²) < 4.78 is 32.4. The van der Waals surface area contributed by atoms with Gasteiger partial charge in [-0.3, -0.25) is 4.79 Å². The van der Waals surface area contributed by atoms with E-state index in [4.69, 9.17) is 11.5 Å². The van der Waals surface area contributed by atoms with Gasteiger partial charge in [-0.15, -0.1) is 0 Å². The molecule has 5 N–H and O–H groups in total. The minimum absolute atomic E-state index is 0.0663. The first-order valence-electron chi connectivity index (χ1n) is 10.4. The van der Waals surface area contributed by atoms with Crippen LogP contribution < -0.4 is 21.8 Å². The topological polar surface area (TPSA) is 115 Å². The molecule has 0 unspecified atom stereocenters. The highest BCUT2D eigenvalue weighted by molar-refractivity contribution is 5.94. The number of carboxylic acids is 1. The Balaban J connectivity index is 1.63. The van der Waals surface area contributed by atoms with E-state index in [1.807, 2.05) is 12.1 Å². The molecule has 7 nitrogen and oxygen atoms in total. The molecule has 1 aliphatic carbocycles. The van der Waals surface area contributed by atoms with E-state index in [9.17, 15) is 14.7 Å². The minimum atomic E-state index is -1.42. The van der Waals surface area contributed by atoms with Crippen LogP contribution in [-0.4, -0.2) is 34.8 Å². The van der Waals surface area contributed by atoms with Gasteiger partial charge in [0.15, 0.2) is 5.82 Å². The van der Waals surface area contributed by atoms with Gasteiger partial charge in [0.05, 0.1) is 10.9 Å². The van der Waals surface area contributed by atoms with Crippen LogP contribution >= 0.6 is 0 Å². The molecule has 2 heterocycles. The summed E-state index contributed by atoms with van der Waals surface area (Å²) in [5.41, 5.74) is 11.9. The maximum absolute atomic E-state index is 15.8. The summed E-state index contributed by atoms with van der Waals surface area (Å²) in [5.74, 6) is -3.36. The van der Waals surface area contributed by atoms with E-state index in [0.29, 0.717) is 12.2 Å². The molecular weight excluding hydrogens is 418 g/mol. The van der Waals surface area contributed by atoms with E-state index in [1.165, 1.54) is 10.8 Å². The zero-order chi connectivity index (χ0) is 22.7. The van der Waals surface area contributed by atoms with Crippen LogP contribution in [0.4, 0.5) is 20.2 Å². The number of carboxylic acid groups (broad SMARTS) is 1. The Morgan fingerprint density at radius 3 is 2.44 bits per heavy atom. The van der Waals surface area contributed by atoms with Crippen LogP contribution in [0.3, 0.4) is 0 Å². The number of hydrogen-bond donors (Lipinski definition) is 3. The molecule has 2 aromatic carbocycles. The first-order chi connectivity index (χ1) is 15.3. The normalized spacial score (nSPS) is 20.8. The molecule has 0 bridgehead atoms. The van der Waals surface area contributed by atoms with Gasteiger partial charge in [0.25, 0.3) is 0 Å². The number of rotatable bonds is 4. The summed E-state index contributed by atoms with van der Waals surface area (Å²) in [7, 11) is 0. The van der Waals surface area contributed by atoms with E-state index >= 15 is 8.78 Å². The number of aromatic nitrogens is 1. The van der Waals surface area contributed by atoms with Crippen LogP contribution in [0.1, 0.15) is 40.7 Å². The predicted octanol–water partition coefficient (Wildman–Crippen LogP) is 2.83. The predicted molar refractivity (Wildman–Crippen MR) is 117 cm³/mol. The van der Waals surface area contributed by atoms with Crippen molar-refractivity contribution < 1.29 is 18.7 Å². The van der Waals surface area contributed by atoms with Crippen LogP contribution in [0.25, 0.3) is 10.9 Å². The Morgan fingerprint density at radius 2 is 1.81 bits per heavy atom. The van der Waals surface area contributed by atoms with Crippen LogP contribution in [0.15, 0.2) is 41.3 Å². The smallest absolute Gasteiger partial charge is 0.341 e. The molecule has 32 heavy (non-hydrogen) atoms. The zero-order valence-corrected chi connectivity index (χ0v) is 17.1. The van der Waals surface area contributed by atoms with Crippen LogP contribution in [0, 0.1) is 11.6 Å². The molecule has 166 valence electrons. The number of nitrogens with zero attached hydrogens (tertiary/aromatic N) is 2. The van der Waals surface area contributed by atoms with Crippen LogP contribution in [-0.2, 0) is 0 Å². The minimum Gasteiger partial charge on any atom is -0.477 e. The van der Waals surface area contributed by atoms with Gasteiger partial charge in [-0.2, -0.15) is 0 Å². The van der Waals surface area contributed by atoms with E-state index in [0.717, 1.165) is 24.5 Å². The number of hydrogen-bond acceptors (Lipinski definition) is 5. The molecule has 9 heteroatoms. The second kappa shape index (κ2) is 7.30. The number of nitrogens with two attached hydrogens (primary N) is 2. The number of halogens is 2. The third kappa shape index (κ3) is 3.20. The quantitative estimate of drug-likeness (QED) is 0.538. The first-order valence-corrected chi connectivity index (χ1v) is 10.4. The maximum Gasteiger partial charge on any atom is 0.341 e. The summed E-state index contributed by atoms with van der Waals surface area (Å²) >= 11 is 0. The van der Waals surface area contributed by atoms with E-state index in [-0.39, 0.29) is 41.1 Å². The first kappa shape index (κ1) is 20.4. The van der Waals surface area contributed by atoms with Crippen molar-refractivity contribution in [2.75, 3.05) is 23.7 Å². The van der Waals surface area contributed by atoms with Crippen molar-refractivity contribution in [3.05, 3.63) is 69.5 Å². The molecule has 5 rings (SSSR count). The van der Waals surface area contributed by atoms with Crippen molar-refractivity contribution in [1.29, 1.82) is 0 Å². The highest BCUT2D eigenvalue weighted by Gasteiger charge is 2.36. The van der Waals surface area contributed by atoms with E-state index in [1.54, 1.807) is 17.0 Å². The lowest BCUT2D eigenvalue weighted by Crippen LogP contribution is -2.29. The SMILES string of the molecule is Nc1ccc([C@@H]2CN(c3c(F)cc4c(=O)c(C(=O)O)cn(C5CC5)c4c3F)C[C@H]2N)cc1. The molecule has 0 amide bonds. The van der Waals surface area contributed by atoms with E-state index < -0.39 is 28.6 Å². The third-order valence-corrected chi connectivity index (χ3v) is 6.40. The van der Waals surface area contributed by atoms with Crippen molar-refractivity contribution in [1.82, 2.24) is 4.57 Å². The standard InChI is InChI=1S/C23H22F2N4O3/c24-17-7-14-20(29(13-5-6-13)9-16(22(14)30)23(31)32)19(25)21(17)28-8-15(18(27)10-28)11-1-3-12(26)4-2-11/h1-4,7,9,13,15,18H,5-6,8,10,26-27H2,(H,31,32)/t15-,18+/m0/s1. The van der Waals surface area contributed by atoms with Gasteiger partial charge in [-0.25, -0.2) is 13.6 Å². The number of pyridine rings is 1. The molecule has 2 atom stereocenters. The molecule has 2 fully saturated rings. The lowest BCUT2D eigenvalue weighted by molar-refractivity contribution is 0.0694. The molecule has 1 aromatic heterocycles. The van der Waals surface area contributed by atoms with Gasteiger partial charge < -0.3 is 26.0 Å². The molecule has 2 aliphatic rings. The maximum atomic E-state index is 15.8. The summed E-state index contributed by atoms with van der Waals surface area (Å²) in [6.45, 7) is 0.528. The zero-order valence-electron chi connectivity index (χ0n) is 17.1. The molecule has 1 aliphatic heterocycles. The molecule has 0 spiro atoms. The van der Waals surface area contributed by atoms with Gasteiger partial charge in [-0.05, 0) is 36.6 Å². The molecule has 0 radical (unpaired) electrons. The summed E-state index contributed by atoms with van der Waals surface area (Å²) in [5, 5.41) is 9.10. The summed E-state index contributed by atoms with van der Waals surface area (Å²) in [6, 6.07) is 7.71. The van der Waals surface area contributed by atoms with Crippen molar-refractivity contribution in [2.45, 2.75) is 30.8 Å². The Bertz CT molecular complexity index is 1300. The Labute approximate surface area is 181 Å². The monoisotopic (exact) mass is 440 g/mol. The van der Waals surface area contributed by atoms with Crippen LogP contribution in [0.5, 0.6) is 0 Å². The van der Waals surface area contributed by atoms with Crippen molar-refractivity contribution >= 4 is 28.2 Å². The lowest BCUT2D eigenvalue weighted by Gasteiger charge is -2.22. The fourth-order valence-electron chi connectivity index (χ4n) is 4.62.